The molecule has 1 rings (SSSR count). The van der Waals surface area contributed by atoms with E-state index in [2.05, 4.69) is 5.32 Å². The number of hydrogen-bond acceptors (Lipinski definition) is 2. The smallest absolute Gasteiger partial charge is 0.317 e. The number of nitrogens with zero attached hydrogens (tertiary/aromatic N) is 1. The first-order chi connectivity index (χ1) is 9.32. The Morgan fingerprint density at radius 2 is 1.95 bits per heavy atom. The zero-order valence-electron chi connectivity index (χ0n) is 11.8. The summed E-state index contributed by atoms with van der Waals surface area (Å²) in [5.74, 6) is -1.54. The number of aliphatic carboxylic acids is 1. The predicted molar refractivity (Wildman–Crippen MR) is 77.8 cm³/mol. The largest absolute Gasteiger partial charge is 0.481 e. The molecule has 1 unspecified atom stereocenters. The Labute approximate surface area is 123 Å². The van der Waals surface area contributed by atoms with E-state index in [-0.39, 0.29) is 18.6 Å². The first kappa shape index (κ1) is 16.3. The molecule has 0 saturated heterocycles. The minimum Gasteiger partial charge on any atom is -0.481 e. The first-order valence-electron chi connectivity index (χ1n) is 6.31. The summed E-state index contributed by atoms with van der Waals surface area (Å²) in [6.07, 6.45) is 0. The van der Waals surface area contributed by atoms with Crippen LogP contribution in [0.3, 0.4) is 0 Å². The first-order valence-corrected chi connectivity index (χ1v) is 6.69. The molecule has 0 bridgehead atoms. The van der Waals surface area contributed by atoms with Gasteiger partial charge in [-0.25, -0.2) is 4.79 Å². The molecule has 2 atom stereocenters. The normalized spacial score (nSPS) is 13.4. The van der Waals surface area contributed by atoms with Gasteiger partial charge < -0.3 is 15.3 Å². The van der Waals surface area contributed by atoms with E-state index in [1.807, 2.05) is 25.1 Å². The highest BCUT2D eigenvalue weighted by atomic mass is 35.5. The van der Waals surface area contributed by atoms with E-state index in [0.29, 0.717) is 5.02 Å². The second-order valence-electron chi connectivity index (χ2n) is 4.81. The Morgan fingerprint density at radius 3 is 2.50 bits per heavy atom. The second kappa shape index (κ2) is 7.14. The van der Waals surface area contributed by atoms with Gasteiger partial charge in [0.25, 0.3) is 0 Å². The van der Waals surface area contributed by atoms with E-state index in [0.717, 1.165) is 5.56 Å². The molecule has 110 valence electrons. The lowest BCUT2D eigenvalue weighted by Gasteiger charge is -2.23. The molecule has 2 N–H and O–H groups in total. The molecule has 1 aromatic carbocycles. The fourth-order valence-electron chi connectivity index (χ4n) is 1.77. The SMILES string of the molecule is CC(CN(C)C(=O)N[C@H](C)c1ccccc1Cl)C(=O)O. The number of carbonyl (C=O) groups excluding carboxylic acids is 1. The number of amides is 2. The summed E-state index contributed by atoms with van der Waals surface area (Å²) in [5.41, 5.74) is 0.821. The summed E-state index contributed by atoms with van der Waals surface area (Å²) in [6.45, 7) is 3.54. The molecule has 0 aliphatic heterocycles. The fraction of sp³-hybridized carbons (Fsp3) is 0.429. The molecule has 0 radical (unpaired) electrons. The number of nitrogens with one attached hydrogen (secondary N) is 1. The molecule has 6 heteroatoms. The predicted octanol–water partition coefficient (Wildman–Crippen LogP) is 2.76. The van der Waals surface area contributed by atoms with Gasteiger partial charge in [0.15, 0.2) is 0 Å². The maximum Gasteiger partial charge on any atom is 0.317 e. The average molecular weight is 299 g/mol. The number of rotatable bonds is 5. The van der Waals surface area contributed by atoms with Crippen LogP contribution in [0.4, 0.5) is 4.79 Å². The molecule has 5 nitrogen and oxygen atoms in total. The van der Waals surface area contributed by atoms with Gasteiger partial charge in [0, 0.05) is 18.6 Å². The summed E-state index contributed by atoms with van der Waals surface area (Å²) < 4.78 is 0. The van der Waals surface area contributed by atoms with Crippen LogP contribution in [-0.2, 0) is 4.79 Å². The second-order valence-corrected chi connectivity index (χ2v) is 5.22. The average Bonchev–Trinajstić information content (AvgIpc) is 2.38. The Hall–Kier alpha value is -1.75. The Bertz CT molecular complexity index is 493. The third-order valence-electron chi connectivity index (χ3n) is 3.03. The number of carboxylic acid groups (broad SMARTS) is 1. The molecular formula is C14H19ClN2O3. The fourth-order valence-corrected chi connectivity index (χ4v) is 2.07. The van der Waals surface area contributed by atoms with E-state index in [1.165, 1.54) is 4.90 Å². The lowest BCUT2D eigenvalue weighted by Crippen LogP contribution is -2.41. The van der Waals surface area contributed by atoms with Crippen molar-refractivity contribution >= 4 is 23.6 Å². The molecule has 0 aromatic heterocycles. The van der Waals surface area contributed by atoms with E-state index in [9.17, 15) is 9.59 Å². The zero-order chi connectivity index (χ0) is 15.3. The van der Waals surface area contributed by atoms with Crippen LogP contribution in [-0.4, -0.2) is 35.6 Å². The van der Waals surface area contributed by atoms with Crippen molar-refractivity contribution in [3.63, 3.8) is 0 Å². The van der Waals surface area contributed by atoms with Crippen molar-refractivity contribution in [3.05, 3.63) is 34.9 Å². The molecule has 0 fully saturated rings. The van der Waals surface area contributed by atoms with Gasteiger partial charge in [0.2, 0.25) is 0 Å². The summed E-state index contributed by atoms with van der Waals surface area (Å²) in [5, 5.41) is 12.2. The summed E-state index contributed by atoms with van der Waals surface area (Å²) >= 11 is 6.07. The van der Waals surface area contributed by atoms with E-state index < -0.39 is 11.9 Å². The minimum absolute atomic E-state index is 0.149. The van der Waals surface area contributed by atoms with Gasteiger partial charge in [0.1, 0.15) is 0 Å². The molecule has 0 aliphatic carbocycles. The Morgan fingerprint density at radius 1 is 1.35 bits per heavy atom. The van der Waals surface area contributed by atoms with Crippen molar-refractivity contribution in [1.82, 2.24) is 10.2 Å². The van der Waals surface area contributed by atoms with Gasteiger partial charge in [-0.3, -0.25) is 4.79 Å². The van der Waals surface area contributed by atoms with Crippen molar-refractivity contribution in [2.75, 3.05) is 13.6 Å². The number of carbonyl (C=O) groups is 2. The number of halogens is 1. The topological polar surface area (TPSA) is 69.6 Å². The monoisotopic (exact) mass is 298 g/mol. The van der Waals surface area contributed by atoms with Crippen molar-refractivity contribution < 1.29 is 14.7 Å². The standard InChI is InChI=1S/C14H19ClN2O3/c1-9(13(18)19)8-17(3)14(20)16-10(2)11-6-4-5-7-12(11)15/h4-7,9-10H,8H2,1-3H3,(H,16,20)(H,18,19)/t9?,10-/m1/s1. The number of urea groups is 1. The lowest BCUT2D eigenvalue weighted by molar-refractivity contribution is -0.141. The van der Waals surface area contributed by atoms with E-state index >= 15 is 0 Å². The van der Waals surface area contributed by atoms with Crippen molar-refractivity contribution in [3.8, 4) is 0 Å². The summed E-state index contributed by atoms with van der Waals surface area (Å²) in [6, 6.07) is 6.69. The van der Waals surface area contributed by atoms with Crippen LogP contribution >= 0.6 is 11.6 Å². The third kappa shape index (κ3) is 4.42. The van der Waals surface area contributed by atoms with Gasteiger partial charge in [-0.1, -0.05) is 36.7 Å². The van der Waals surface area contributed by atoms with E-state index in [4.69, 9.17) is 16.7 Å². The van der Waals surface area contributed by atoms with Gasteiger partial charge in [-0.05, 0) is 18.6 Å². The van der Waals surface area contributed by atoms with Crippen LogP contribution in [0.5, 0.6) is 0 Å². The van der Waals surface area contributed by atoms with Crippen molar-refractivity contribution in [2.24, 2.45) is 5.92 Å². The number of hydrogen-bond donors (Lipinski definition) is 2. The molecule has 2 amide bonds. The molecular weight excluding hydrogens is 280 g/mol. The number of carboxylic acids is 1. The highest BCUT2D eigenvalue weighted by Crippen LogP contribution is 2.22. The van der Waals surface area contributed by atoms with Gasteiger partial charge in [-0.2, -0.15) is 0 Å². The molecule has 1 aromatic rings. The maximum atomic E-state index is 12.0. The third-order valence-corrected chi connectivity index (χ3v) is 3.37. The van der Waals surface area contributed by atoms with Crippen molar-refractivity contribution in [1.29, 1.82) is 0 Å². The molecule has 0 heterocycles. The quantitative estimate of drug-likeness (QED) is 0.878. The van der Waals surface area contributed by atoms with Crippen LogP contribution in [0.2, 0.25) is 5.02 Å². The lowest BCUT2D eigenvalue weighted by atomic mass is 10.1. The van der Waals surface area contributed by atoms with Crippen LogP contribution in [0.15, 0.2) is 24.3 Å². The van der Waals surface area contributed by atoms with Gasteiger partial charge in [0.05, 0.1) is 12.0 Å². The molecule has 0 spiro atoms. The highest BCUT2D eigenvalue weighted by molar-refractivity contribution is 6.31. The highest BCUT2D eigenvalue weighted by Gasteiger charge is 2.19. The van der Waals surface area contributed by atoms with Gasteiger partial charge >= 0.3 is 12.0 Å². The van der Waals surface area contributed by atoms with Crippen LogP contribution in [0.1, 0.15) is 25.5 Å². The van der Waals surface area contributed by atoms with E-state index in [1.54, 1.807) is 20.0 Å². The zero-order valence-corrected chi connectivity index (χ0v) is 12.5. The summed E-state index contributed by atoms with van der Waals surface area (Å²) in [4.78, 5) is 24.1. The van der Waals surface area contributed by atoms with Crippen LogP contribution < -0.4 is 5.32 Å². The van der Waals surface area contributed by atoms with Crippen LogP contribution in [0.25, 0.3) is 0 Å². The van der Waals surface area contributed by atoms with Gasteiger partial charge in [-0.15, -0.1) is 0 Å². The number of benzene rings is 1. The molecule has 0 aliphatic rings. The minimum atomic E-state index is -0.927. The maximum absolute atomic E-state index is 12.0. The molecule has 0 saturated carbocycles. The van der Waals surface area contributed by atoms with Crippen LogP contribution in [0, 0.1) is 5.92 Å². The van der Waals surface area contributed by atoms with Crippen molar-refractivity contribution in [2.45, 2.75) is 19.9 Å². The Kier molecular flexibility index (Phi) is 5.82. The molecule has 20 heavy (non-hydrogen) atoms. The summed E-state index contributed by atoms with van der Waals surface area (Å²) in [7, 11) is 1.56. The Balaban J connectivity index is 2.62.